The first kappa shape index (κ1) is 19.3. The number of hydrogen-bond donors (Lipinski definition) is 1. The highest BCUT2D eigenvalue weighted by Gasteiger charge is 2.24. The molecule has 154 valence electrons. The van der Waals surface area contributed by atoms with Gasteiger partial charge in [-0.2, -0.15) is 0 Å². The largest absolute Gasteiger partial charge is 0.305 e. The van der Waals surface area contributed by atoms with E-state index in [-0.39, 0.29) is 5.56 Å². The lowest BCUT2D eigenvalue weighted by Gasteiger charge is -2.27. The van der Waals surface area contributed by atoms with Gasteiger partial charge in [0.25, 0.3) is 5.56 Å². The number of H-pyrrole nitrogens is 1. The van der Waals surface area contributed by atoms with E-state index in [1.54, 1.807) is 11.3 Å². The fourth-order valence-electron chi connectivity index (χ4n) is 4.24. The van der Waals surface area contributed by atoms with Crippen molar-refractivity contribution in [3.05, 3.63) is 67.7 Å². The Hall–Kier alpha value is -2.64. The maximum atomic E-state index is 12.8. The number of aromatic nitrogens is 3. The molecule has 2 aromatic heterocycles. The summed E-state index contributed by atoms with van der Waals surface area (Å²) in [6.07, 6.45) is 3.93. The van der Waals surface area contributed by atoms with Crippen molar-refractivity contribution in [3.63, 3.8) is 0 Å². The van der Waals surface area contributed by atoms with Crippen LogP contribution in [0.3, 0.4) is 0 Å². The minimum absolute atomic E-state index is 0.0169. The average Bonchev–Trinajstić information content (AvgIpc) is 3.15. The fourth-order valence-corrected chi connectivity index (χ4v) is 5.25. The molecular weight excluding hydrogens is 394 g/mol. The van der Waals surface area contributed by atoms with Crippen LogP contribution in [0.2, 0.25) is 0 Å². The van der Waals surface area contributed by atoms with Crippen molar-refractivity contribution >= 4 is 17.0 Å². The second-order valence-electron chi connectivity index (χ2n) is 7.96. The van der Waals surface area contributed by atoms with Gasteiger partial charge >= 0.3 is 0 Å². The highest BCUT2D eigenvalue weighted by Crippen LogP contribution is 2.30. The van der Waals surface area contributed by atoms with Crippen LogP contribution in [-0.4, -0.2) is 38.7 Å². The van der Waals surface area contributed by atoms with Crippen LogP contribution in [0.15, 0.2) is 40.1 Å². The van der Waals surface area contributed by atoms with Crippen molar-refractivity contribution in [3.8, 4) is 11.3 Å². The Bertz CT molecular complexity index is 1150. The monoisotopic (exact) mass is 419 g/mol. The van der Waals surface area contributed by atoms with Crippen LogP contribution in [0.1, 0.15) is 46.2 Å². The molecule has 6 nitrogen and oxygen atoms in total. The quantitative estimate of drug-likeness (QED) is 0.699. The molecule has 0 radical (unpaired) electrons. The normalized spacial score (nSPS) is 16.9. The van der Waals surface area contributed by atoms with Crippen molar-refractivity contribution in [1.29, 1.82) is 0 Å². The van der Waals surface area contributed by atoms with Crippen molar-refractivity contribution in [1.82, 2.24) is 19.9 Å². The Morgan fingerprint density at radius 1 is 1.13 bits per heavy atom. The van der Waals surface area contributed by atoms with Crippen LogP contribution in [0, 0.1) is 6.92 Å². The van der Waals surface area contributed by atoms with Crippen LogP contribution in [0.4, 0.5) is 0 Å². The second-order valence-corrected chi connectivity index (χ2v) is 9.24. The van der Waals surface area contributed by atoms with E-state index in [9.17, 15) is 4.79 Å². The predicted octanol–water partition coefficient (Wildman–Crippen LogP) is 3.73. The lowest BCUT2D eigenvalue weighted by molar-refractivity contribution is 0.244. The molecule has 0 aliphatic carbocycles. The van der Waals surface area contributed by atoms with E-state index in [0.29, 0.717) is 12.4 Å². The van der Waals surface area contributed by atoms with Gasteiger partial charge in [0, 0.05) is 43.0 Å². The topological polar surface area (TPSA) is 74.2 Å². The summed E-state index contributed by atoms with van der Waals surface area (Å²) in [6.45, 7) is 5.19. The zero-order valence-electron chi connectivity index (χ0n) is 17.1. The van der Waals surface area contributed by atoms with Crippen LogP contribution >= 0.6 is 11.3 Å². The molecule has 1 N–H and O–H groups in total. The van der Waals surface area contributed by atoms with E-state index in [2.05, 4.69) is 33.9 Å². The number of thiazole rings is 1. The molecule has 2 aliphatic rings. The summed E-state index contributed by atoms with van der Waals surface area (Å²) >= 11 is 1.74. The highest BCUT2D eigenvalue weighted by atomic mass is 32.1. The minimum atomic E-state index is -0.0169. The number of nitrogens with one attached hydrogen (secondary N) is 1. The van der Waals surface area contributed by atoms with E-state index >= 15 is 0 Å². The number of benzene rings is 1. The summed E-state index contributed by atoms with van der Waals surface area (Å²) in [5, 5.41) is 1.07. The SMILES string of the molecule is Cc1nc(-c2ccccc2)c(CN2CCc3nc(C4=NCCCC4)[nH]c(=O)c3C2)s1. The van der Waals surface area contributed by atoms with Crippen LogP contribution < -0.4 is 5.56 Å². The van der Waals surface area contributed by atoms with Crippen molar-refractivity contribution in [2.45, 2.75) is 45.7 Å². The highest BCUT2D eigenvalue weighted by molar-refractivity contribution is 7.12. The van der Waals surface area contributed by atoms with Gasteiger partial charge in [-0.05, 0) is 26.2 Å². The third-order valence-corrected chi connectivity index (χ3v) is 6.72. The molecule has 7 heteroatoms. The van der Waals surface area contributed by atoms with E-state index in [0.717, 1.165) is 78.6 Å². The van der Waals surface area contributed by atoms with Gasteiger partial charge in [-0.3, -0.25) is 14.7 Å². The van der Waals surface area contributed by atoms with Gasteiger partial charge in [0.2, 0.25) is 0 Å². The zero-order valence-corrected chi connectivity index (χ0v) is 18.0. The van der Waals surface area contributed by atoms with Crippen LogP contribution in [-0.2, 0) is 19.5 Å². The maximum Gasteiger partial charge on any atom is 0.255 e. The van der Waals surface area contributed by atoms with Crippen LogP contribution in [0.5, 0.6) is 0 Å². The number of nitrogens with zero attached hydrogens (tertiary/aromatic N) is 4. The minimum Gasteiger partial charge on any atom is -0.305 e. The molecule has 0 bridgehead atoms. The summed E-state index contributed by atoms with van der Waals surface area (Å²) in [4.78, 5) is 33.5. The van der Waals surface area contributed by atoms with Gasteiger partial charge in [0.05, 0.1) is 27.7 Å². The molecule has 5 rings (SSSR count). The van der Waals surface area contributed by atoms with Gasteiger partial charge in [-0.25, -0.2) is 9.97 Å². The Balaban J connectivity index is 1.38. The number of hydrogen-bond acceptors (Lipinski definition) is 6. The second kappa shape index (κ2) is 8.24. The Morgan fingerprint density at radius 2 is 2.00 bits per heavy atom. The molecule has 0 unspecified atom stereocenters. The molecule has 0 fully saturated rings. The van der Waals surface area contributed by atoms with Crippen molar-refractivity contribution < 1.29 is 0 Å². The molecule has 30 heavy (non-hydrogen) atoms. The molecular formula is C23H25N5OS. The third-order valence-electron chi connectivity index (χ3n) is 5.76. The van der Waals surface area contributed by atoms with E-state index in [1.807, 2.05) is 18.2 Å². The smallest absolute Gasteiger partial charge is 0.255 e. The summed E-state index contributed by atoms with van der Waals surface area (Å²) in [5.41, 5.74) is 4.87. The lowest BCUT2D eigenvalue weighted by atomic mass is 10.0. The first-order valence-electron chi connectivity index (χ1n) is 10.6. The summed E-state index contributed by atoms with van der Waals surface area (Å²) in [7, 11) is 0. The van der Waals surface area contributed by atoms with Gasteiger partial charge in [0.1, 0.15) is 0 Å². The molecule has 0 saturated carbocycles. The lowest BCUT2D eigenvalue weighted by Crippen LogP contribution is -2.36. The number of fused-ring (bicyclic) bond motifs is 1. The summed E-state index contributed by atoms with van der Waals surface area (Å²) < 4.78 is 0. The van der Waals surface area contributed by atoms with Crippen LogP contribution in [0.25, 0.3) is 11.3 Å². The predicted molar refractivity (Wildman–Crippen MR) is 120 cm³/mol. The molecule has 0 atom stereocenters. The average molecular weight is 420 g/mol. The molecule has 2 aliphatic heterocycles. The Kier molecular flexibility index (Phi) is 5.31. The van der Waals surface area contributed by atoms with Crippen molar-refractivity contribution in [2.24, 2.45) is 4.99 Å². The molecule has 4 heterocycles. The molecule has 1 aromatic carbocycles. The van der Waals surface area contributed by atoms with E-state index in [1.165, 1.54) is 4.88 Å². The number of aryl methyl sites for hydroxylation is 1. The van der Waals surface area contributed by atoms with Gasteiger partial charge in [-0.1, -0.05) is 30.3 Å². The van der Waals surface area contributed by atoms with E-state index < -0.39 is 0 Å². The summed E-state index contributed by atoms with van der Waals surface area (Å²) in [5.74, 6) is 0.677. The molecule has 0 amide bonds. The number of aromatic amines is 1. The molecule has 0 spiro atoms. The number of aliphatic imine (C=N–C) groups is 1. The first-order valence-corrected chi connectivity index (χ1v) is 11.4. The van der Waals surface area contributed by atoms with Crippen molar-refractivity contribution in [2.75, 3.05) is 13.1 Å². The zero-order chi connectivity index (χ0) is 20.5. The number of rotatable bonds is 4. The Morgan fingerprint density at radius 3 is 2.80 bits per heavy atom. The van der Waals surface area contributed by atoms with E-state index in [4.69, 9.17) is 9.97 Å². The van der Waals surface area contributed by atoms with Gasteiger partial charge < -0.3 is 4.98 Å². The first-order chi connectivity index (χ1) is 14.7. The van der Waals surface area contributed by atoms with Gasteiger partial charge in [-0.15, -0.1) is 11.3 Å². The fraction of sp³-hybridized carbons (Fsp3) is 0.391. The molecule has 3 aromatic rings. The molecule has 0 saturated heterocycles. The Labute approximate surface area is 179 Å². The maximum absolute atomic E-state index is 12.8. The summed E-state index contributed by atoms with van der Waals surface area (Å²) in [6, 6.07) is 10.3. The van der Waals surface area contributed by atoms with Gasteiger partial charge in [0.15, 0.2) is 5.82 Å². The third kappa shape index (κ3) is 3.87. The standard InChI is InChI=1S/C23H25N5OS/c1-15-25-21(16-7-3-2-4-8-16)20(30-15)14-28-12-10-18-17(13-28)23(29)27-22(26-18)19-9-5-6-11-24-19/h2-4,7-8H,5-6,9-14H2,1H3,(H,26,27,29).